The van der Waals surface area contributed by atoms with Gasteiger partial charge in [-0.25, -0.2) is 4.79 Å². The van der Waals surface area contributed by atoms with Crippen molar-refractivity contribution in [1.82, 2.24) is 0 Å². The molecule has 0 bridgehead atoms. The fraction of sp³-hybridized carbons (Fsp3) is 0.375. The van der Waals surface area contributed by atoms with Crippen molar-refractivity contribution in [1.29, 1.82) is 0 Å². The normalized spacial score (nSPS) is 6.07. The van der Waals surface area contributed by atoms with E-state index in [1.165, 1.54) is 7.11 Å². The van der Waals surface area contributed by atoms with Crippen molar-refractivity contribution in [2.24, 2.45) is 0 Å². The molecule has 0 saturated carbocycles. The fourth-order valence-electron chi connectivity index (χ4n) is 0.0833. The van der Waals surface area contributed by atoms with E-state index in [0.29, 0.717) is 0 Å². The Kier molecular flexibility index (Phi) is 29.4. The van der Waals surface area contributed by atoms with E-state index in [1.807, 2.05) is 0 Å². The Morgan fingerprint density at radius 1 is 1.13 bits per heavy atom. The molecule has 0 aromatic rings. The summed E-state index contributed by atoms with van der Waals surface area (Å²) < 4.78 is 4.14. The van der Waals surface area contributed by atoms with Crippen LogP contribution in [-0.4, -0.2) is 48.1 Å². The number of esters is 1. The summed E-state index contributed by atoms with van der Waals surface area (Å²) in [5.41, 5.74) is 0. The minimum absolute atomic E-state index is 0. The molecular weight excluding hydrogens is 216 g/mol. The van der Waals surface area contributed by atoms with Crippen LogP contribution in [0.3, 0.4) is 0 Å². The van der Waals surface area contributed by atoms with E-state index >= 15 is 0 Å². The van der Waals surface area contributed by atoms with E-state index < -0.39 is 17.9 Å². The number of carbonyl (C=O) groups excluding carboxylic acids is 3. The first-order valence-electron chi connectivity index (χ1n) is 3.33. The van der Waals surface area contributed by atoms with Crippen LogP contribution < -0.4 is 10.2 Å². The quantitative estimate of drug-likeness (QED) is 0.278. The first-order valence-corrected chi connectivity index (χ1v) is 3.33. The van der Waals surface area contributed by atoms with Crippen LogP contribution in [0, 0.1) is 0 Å². The van der Waals surface area contributed by atoms with Crippen molar-refractivity contribution in [3.05, 3.63) is 12.7 Å². The van der Waals surface area contributed by atoms with Gasteiger partial charge in [0, 0.05) is 18.0 Å². The Morgan fingerprint density at radius 2 is 1.33 bits per heavy atom. The van der Waals surface area contributed by atoms with E-state index in [1.54, 1.807) is 0 Å². The summed E-state index contributed by atoms with van der Waals surface area (Å²) in [7, 11) is 1.31. The summed E-state index contributed by atoms with van der Waals surface area (Å²) in [6, 6.07) is 0. The van der Waals surface area contributed by atoms with Crippen LogP contribution in [-0.2, 0) is 19.1 Å². The van der Waals surface area contributed by atoms with E-state index in [0.717, 1.165) is 19.9 Å². The molecule has 7 heteroatoms. The number of hydrogen-bond acceptors (Lipinski definition) is 6. The molecule has 0 aliphatic heterocycles. The second-order valence-electron chi connectivity index (χ2n) is 1.71. The van der Waals surface area contributed by atoms with Gasteiger partial charge in [0.2, 0.25) is 0 Å². The average Bonchev–Trinajstić information content (AvgIpc) is 2.01. The smallest absolute Gasteiger partial charge is 0.550 e. The molecule has 0 aliphatic carbocycles. The molecule has 15 heavy (non-hydrogen) atoms. The monoisotopic (exact) mass is 228 g/mol. The van der Waals surface area contributed by atoms with Gasteiger partial charge in [-0.3, -0.25) is 0 Å². The Labute approximate surface area is 104 Å². The standard InChI is InChI=1S/C4H6O2.2C2H4O2.Mg/c1-3-4(5)6-2;2*1-2(3)4;/h3H,1H2,2H3;2*1H3,(H,3,4);/q;;;+2/p-2. The molecule has 0 saturated heterocycles. The van der Waals surface area contributed by atoms with Crippen LogP contribution in [0.25, 0.3) is 0 Å². The van der Waals surface area contributed by atoms with Crippen LogP contribution in [0.2, 0.25) is 0 Å². The number of rotatable bonds is 1. The molecule has 0 rings (SSSR count). The van der Waals surface area contributed by atoms with Crippen LogP contribution in [0.1, 0.15) is 13.8 Å². The molecule has 0 heterocycles. The Bertz CT molecular complexity index is 181. The number of carboxylic acid groups (broad SMARTS) is 2. The predicted octanol–water partition coefficient (Wildman–Crippen LogP) is -2.52. The first kappa shape index (κ1) is 23.6. The molecule has 0 aromatic carbocycles. The molecular formula is C8H12MgO6. The van der Waals surface area contributed by atoms with Crippen LogP contribution in [0.15, 0.2) is 12.7 Å². The molecule has 0 aromatic heterocycles. The molecule has 0 unspecified atom stereocenters. The molecule has 0 N–H and O–H groups in total. The zero-order chi connectivity index (χ0) is 12.1. The molecule has 0 fully saturated rings. The van der Waals surface area contributed by atoms with Crippen molar-refractivity contribution in [2.45, 2.75) is 13.8 Å². The van der Waals surface area contributed by atoms with Gasteiger partial charge in [-0.15, -0.1) is 0 Å². The predicted molar refractivity (Wildman–Crippen MR) is 49.3 cm³/mol. The van der Waals surface area contributed by atoms with Crippen LogP contribution in [0.5, 0.6) is 0 Å². The summed E-state index contributed by atoms with van der Waals surface area (Å²) in [5.74, 6) is -2.56. The van der Waals surface area contributed by atoms with Crippen molar-refractivity contribution in [2.75, 3.05) is 7.11 Å². The Hall–Kier alpha value is -1.08. The Balaban J connectivity index is -0.0000000606. The summed E-state index contributed by atoms with van der Waals surface area (Å²) >= 11 is 0. The third-order valence-corrected chi connectivity index (χ3v) is 0.368. The maximum absolute atomic E-state index is 9.84. The second kappa shape index (κ2) is 18.7. The van der Waals surface area contributed by atoms with E-state index in [-0.39, 0.29) is 23.1 Å². The maximum Gasteiger partial charge on any atom is 2.00 e. The summed E-state index contributed by atoms with van der Waals surface area (Å²) in [5, 5.41) is 17.8. The number of methoxy groups -OCH3 is 1. The van der Waals surface area contributed by atoms with Crippen molar-refractivity contribution < 1.29 is 29.3 Å². The largest absolute Gasteiger partial charge is 2.00 e. The molecule has 0 radical (unpaired) electrons. The maximum atomic E-state index is 9.84. The number of hydrogen-bond donors (Lipinski definition) is 0. The van der Waals surface area contributed by atoms with Crippen molar-refractivity contribution in [3.63, 3.8) is 0 Å². The van der Waals surface area contributed by atoms with Gasteiger partial charge in [0.05, 0.1) is 7.11 Å². The summed E-state index contributed by atoms with van der Waals surface area (Å²) in [4.78, 5) is 27.6. The van der Waals surface area contributed by atoms with Gasteiger partial charge in [0.15, 0.2) is 0 Å². The van der Waals surface area contributed by atoms with E-state index in [9.17, 15) is 4.79 Å². The molecule has 82 valence electrons. The molecule has 6 nitrogen and oxygen atoms in total. The zero-order valence-electron chi connectivity index (χ0n) is 8.94. The topological polar surface area (TPSA) is 107 Å². The van der Waals surface area contributed by atoms with Gasteiger partial charge in [0.25, 0.3) is 0 Å². The molecule has 0 spiro atoms. The van der Waals surface area contributed by atoms with Gasteiger partial charge in [-0.1, -0.05) is 6.58 Å². The van der Waals surface area contributed by atoms with Gasteiger partial charge in [-0.05, 0) is 13.8 Å². The van der Waals surface area contributed by atoms with Crippen molar-refractivity contribution in [3.8, 4) is 0 Å². The Morgan fingerprint density at radius 3 is 1.33 bits per heavy atom. The van der Waals surface area contributed by atoms with Crippen molar-refractivity contribution >= 4 is 41.0 Å². The minimum atomic E-state index is -1.08. The molecule has 0 atom stereocenters. The fourth-order valence-corrected chi connectivity index (χ4v) is 0.0833. The summed E-state index contributed by atoms with van der Waals surface area (Å²) in [6.45, 7) is 5.10. The minimum Gasteiger partial charge on any atom is -0.550 e. The van der Waals surface area contributed by atoms with Gasteiger partial charge in [-0.2, -0.15) is 0 Å². The first-order chi connectivity index (χ1) is 6.27. The second-order valence-corrected chi connectivity index (χ2v) is 1.71. The third-order valence-electron chi connectivity index (χ3n) is 0.368. The number of ether oxygens (including phenoxy) is 1. The summed E-state index contributed by atoms with van der Waals surface area (Å²) in [6.07, 6.45) is 1.11. The molecule has 0 amide bonds. The average molecular weight is 228 g/mol. The number of carbonyl (C=O) groups is 3. The van der Waals surface area contributed by atoms with Crippen LogP contribution >= 0.6 is 0 Å². The molecule has 0 aliphatic rings. The van der Waals surface area contributed by atoms with E-state index in [4.69, 9.17) is 19.8 Å². The van der Waals surface area contributed by atoms with Gasteiger partial charge in [0.1, 0.15) is 0 Å². The third kappa shape index (κ3) is 181. The van der Waals surface area contributed by atoms with Gasteiger partial charge < -0.3 is 24.5 Å². The number of aliphatic carboxylic acids is 2. The van der Waals surface area contributed by atoms with Gasteiger partial charge >= 0.3 is 29.0 Å². The SMILES string of the molecule is C=CC(=O)OC.CC(=O)[O-].CC(=O)[O-].[Mg+2]. The van der Waals surface area contributed by atoms with Crippen LogP contribution in [0.4, 0.5) is 0 Å². The zero-order valence-corrected chi connectivity index (χ0v) is 10.4. The number of carboxylic acids is 2. The van der Waals surface area contributed by atoms with E-state index in [2.05, 4.69) is 11.3 Å².